The highest BCUT2D eigenvalue weighted by Gasteiger charge is 2.94. The van der Waals surface area contributed by atoms with Crippen LogP contribution in [0.4, 0.5) is 0 Å². The van der Waals surface area contributed by atoms with Crippen molar-refractivity contribution in [2.24, 2.45) is 0 Å². The van der Waals surface area contributed by atoms with Crippen molar-refractivity contribution in [2.75, 3.05) is 26.9 Å². The molecule has 1 aliphatic carbocycles. The van der Waals surface area contributed by atoms with E-state index in [4.69, 9.17) is 37.9 Å². The summed E-state index contributed by atoms with van der Waals surface area (Å²) in [5, 5.41) is 12.5. The van der Waals surface area contributed by atoms with E-state index in [-0.39, 0.29) is 29.5 Å². The number of methoxy groups -OCH3 is 1. The molecule has 5 atom stereocenters. The molecule has 206 valence electrons. The Bertz CT molecular complexity index is 1470. The highest BCUT2D eigenvalue weighted by molar-refractivity contribution is 6.11. The van der Waals surface area contributed by atoms with E-state index in [9.17, 15) is 14.7 Å². The molecule has 0 aromatic heterocycles. The Morgan fingerprint density at radius 1 is 1.15 bits per heavy atom. The van der Waals surface area contributed by atoms with Crippen molar-refractivity contribution < 1.29 is 52.6 Å². The molecule has 4 fully saturated rings. The molecule has 1 N–H and O–H groups in total. The number of phenols is 1. The number of ether oxygens (including phenoxy) is 8. The van der Waals surface area contributed by atoms with Gasteiger partial charge in [0.15, 0.2) is 11.9 Å². The maximum atomic E-state index is 13.0. The van der Waals surface area contributed by atoms with Gasteiger partial charge in [0, 0.05) is 29.9 Å². The molecule has 5 heterocycles. The number of hydrogen-bond donors (Lipinski definition) is 1. The van der Waals surface area contributed by atoms with E-state index in [0.717, 1.165) is 12.0 Å². The van der Waals surface area contributed by atoms with Crippen LogP contribution in [-0.4, -0.2) is 73.4 Å². The summed E-state index contributed by atoms with van der Waals surface area (Å²) in [6, 6.07) is 1.90. The number of rotatable bonds is 3. The lowest BCUT2D eigenvalue weighted by atomic mass is 9.78. The van der Waals surface area contributed by atoms with E-state index >= 15 is 0 Å². The van der Waals surface area contributed by atoms with Gasteiger partial charge in [-0.1, -0.05) is 0 Å². The number of aryl methyl sites for hydroxylation is 1. The zero-order chi connectivity index (χ0) is 26.9. The molecule has 0 amide bonds. The predicted octanol–water partition coefficient (Wildman–Crippen LogP) is 2.73. The fraction of sp³-hybridized carbons (Fsp3) is 0.571. The Labute approximate surface area is 223 Å². The van der Waals surface area contributed by atoms with Crippen LogP contribution in [0.15, 0.2) is 6.07 Å². The van der Waals surface area contributed by atoms with Crippen LogP contribution in [0.1, 0.15) is 59.3 Å². The highest BCUT2D eigenvalue weighted by atomic mass is 16.9. The molecular formula is C28H28O11. The lowest BCUT2D eigenvalue weighted by molar-refractivity contribution is -0.363. The first kappa shape index (κ1) is 23.9. The van der Waals surface area contributed by atoms with Gasteiger partial charge in [-0.3, -0.25) is 9.59 Å². The molecule has 0 radical (unpaired) electrons. The molecule has 2 aromatic carbocycles. The summed E-state index contributed by atoms with van der Waals surface area (Å²) >= 11 is 0. The highest BCUT2D eigenvalue weighted by Crippen LogP contribution is 2.72. The van der Waals surface area contributed by atoms with Crippen molar-refractivity contribution in [1.29, 1.82) is 0 Å². The molecule has 8 rings (SSSR count). The number of hydrogen-bond acceptors (Lipinski definition) is 11. The van der Waals surface area contributed by atoms with Crippen molar-refractivity contribution in [3.05, 3.63) is 28.3 Å². The van der Waals surface area contributed by atoms with Gasteiger partial charge in [0.2, 0.25) is 11.9 Å². The molecule has 6 aliphatic rings. The van der Waals surface area contributed by atoms with Crippen LogP contribution >= 0.6 is 0 Å². The van der Waals surface area contributed by atoms with Crippen molar-refractivity contribution in [1.82, 2.24) is 0 Å². The number of carbonyl (C=O) groups excluding carboxylic acids is 2. The summed E-state index contributed by atoms with van der Waals surface area (Å²) in [7, 11) is 1.54. The molecule has 39 heavy (non-hydrogen) atoms. The maximum Gasteiger partial charge on any atom is 0.320 e. The first-order chi connectivity index (χ1) is 18.8. The second kappa shape index (κ2) is 7.61. The molecule has 5 aliphatic heterocycles. The summed E-state index contributed by atoms with van der Waals surface area (Å²) in [5.41, 5.74) is 0.951. The number of carbonyl (C=O) groups is 2. The minimum atomic E-state index is -1.75. The summed E-state index contributed by atoms with van der Waals surface area (Å²) < 4.78 is 49.7. The fourth-order valence-electron chi connectivity index (χ4n) is 7.37. The molecule has 11 nitrogen and oxygen atoms in total. The number of phenolic OH excluding ortho intramolecular Hbond substituents is 1. The average Bonchev–Trinajstić information content (AvgIpc) is 3.57. The van der Waals surface area contributed by atoms with Crippen molar-refractivity contribution >= 4 is 22.5 Å². The smallest absolute Gasteiger partial charge is 0.320 e. The van der Waals surface area contributed by atoms with E-state index in [2.05, 4.69) is 0 Å². The molecule has 2 bridgehead atoms. The average molecular weight is 541 g/mol. The van der Waals surface area contributed by atoms with Crippen molar-refractivity contribution in [3.63, 3.8) is 0 Å². The lowest BCUT2D eigenvalue weighted by Gasteiger charge is -2.49. The quantitative estimate of drug-likeness (QED) is 0.455. The fourth-order valence-corrected chi connectivity index (χ4v) is 7.37. The van der Waals surface area contributed by atoms with Crippen LogP contribution in [0.2, 0.25) is 0 Å². The van der Waals surface area contributed by atoms with Crippen LogP contribution in [-0.2, 0) is 39.6 Å². The Morgan fingerprint density at radius 2 is 1.92 bits per heavy atom. The minimum Gasteiger partial charge on any atom is -0.506 e. The van der Waals surface area contributed by atoms with Crippen LogP contribution in [0.5, 0.6) is 17.2 Å². The number of fused-ring (bicyclic) bond motifs is 8. The minimum absolute atomic E-state index is 0.106. The number of epoxide rings is 1. The van der Waals surface area contributed by atoms with Gasteiger partial charge in [-0.05, 0) is 37.8 Å². The maximum absolute atomic E-state index is 13.0. The number of aromatic hydroxyl groups is 1. The predicted molar refractivity (Wildman–Crippen MR) is 130 cm³/mol. The zero-order valence-electron chi connectivity index (χ0n) is 21.8. The summed E-state index contributed by atoms with van der Waals surface area (Å²) in [6.07, 6.45) is -0.275. The van der Waals surface area contributed by atoms with Crippen LogP contribution < -0.4 is 9.47 Å². The van der Waals surface area contributed by atoms with Gasteiger partial charge in [0.25, 0.3) is 5.79 Å². The zero-order valence-corrected chi connectivity index (χ0v) is 21.8. The van der Waals surface area contributed by atoms with E-state index in [0.29, 0.717) is 60.1 Å². The topological polar surface area (TPSA) is 132 Å². The largest absolute Gasteiger partial charge is 0.506 e. The van der Waals surface area contributed by atoms with Crippen LogP contribution in [0.3, 0.4) is 0 Å². The van der Waals surface area contributed by atoms with E-state index in [1.54, 1.807) is 7.11 Å². The van der Waals surface area contributed by atoms with E-state index < -0.39 is 41.6 Å². The first-order valence-corrected chi connectivity index (χ1v) is 13.3. The molecule has 1 spiro atoms. The lowest BCUT2D eigenvalue weighted by Crippen LogP contribution is -2.71. The van der Waals surface area contributed by atoms with Gasteiger partial charge in [0.1, 0.15) is 23.4 Å². The standard InChI is InChI=1S/C28H28O11/c1-12-10-15-19(20(31)18-14(21(15)32-3)6-4-7-16(18)30)22-17(12)23-24-27(37-22,36-13(2)29)26(11-35-26)28(38-23,39-24)25-33-8-5-9-34-25/h10,23-25,31H,4-9,11H2,1-3H3/t23-,24-,26-,27+,28-/m0/s1. The third kappa shape index (κ3) is 2.65. The van der Waals surface area contributed by atoms with Crippen LogP contribution in [0, 0.1) is 6.92 Å². The summed E-state index contributed by atoms with van der Waals surface area (Å²) in [4.78, 5) is 25.6. The Kier molecular flexibility index (Phi) is 4.66. The van der Waals surface area contributed by atoms with E-state index in [1.165, 1.54) is 6.92 Å². The molecule has 11 heteroatoms. The second-order valence-corrected chi connectivity index (χ2v) is 11.0. The number of Topliss-reactive ketones (excluding diaryl/α,β-unsaturated/α-hetero) is 1. The Hall–Kier alpha value is -2.96. The number of ketones is 1. The van der Waals surface area contributed by atoms with Gasteiger partial charge in [-0.2, -0.15) is 0 Å². The SMILES string of the molecule is COc1c2c(c(O)c3c4c(c(C)cc13)[C@@H]1O[C@@]3(C5OCCCO5)O[C@@H]1[C@@](OC(C)=O)(O4)[C@@]31CO1)C(=O)CCC2. The van der Waals surface area contributed by atoms with Crippen molar-refractivity contribution in [3.8, 4) is 17.2 Å². The van der Waals surface area contributed by atoms with Gasteiger partial charge >= 0.3 is 11.8 Å². The Morgan fingerprint density at radius 3 is 2.62 bits per heavy atom. The normalized spacial score (nSPS) is 36.0. The monoisotopic (exact) mass is 540 g/mol. The third-order valence-corrected chi connectivity index (χ3v) is 8.92. The van der Waals surface area contributed by atoms with Gasteiger partial charge in [0.05, 0.1) is 37.9 Å². The summed E-state index contributed by atoms with van der Waals surface area (Å²) in [5.74, 6) is -3.49. The molecule has 0 unspecified atom stereocenters. The Balaban J connectivity index is 1.41. The summed E-state index contributed by atoms with van der Waals surface area (Å²) in [6.45, 7) is 4.18. The van der Waals surface area contributed by atoms with Crippen molar-refractivity contribution in [2.45, 2.75) is 75.2 Å². The van der Waals surface area contributed by atoms with E-state index in [1.807, 2.05) is 13.0 Å². The van der Waals surface area contributed by atoms with Gasteiger partial charge in [-0.15, -0.1) is 0 Å². The number of benzene rings is 2. The van der Waals surface area contributed by atoms with Gasteiger partial charge < -0.3 is 43.0 Å². The van der Waals surface area contributed by atoms with Crippen LogP contribution in [0.25, 0.3) is 10.8 Å². The number of esters is 1. The first-order valence-electron chi connectivity index (χ1n) is 13.3. The molecular weight excluding hydrogens is 512 g/mol. The third-order valence-electron chi connectivity index (χ3n) is 8.92. The molecule has 4 saturated heterocycles. The molecule has 0 saturated carbocycles. The molecule has 2 aromatic rings. The van der Waals surface area contributed by atoms with Gasteiger partial charge in [-0.25, -0.2) is 0 Å². The second-order valence-electron chi connectivity index (χ2n) is 11.0.